The molecular formula is C10H18N4O3S. The van der Waals surface area contributed by atoms with Crippen molar-refractivity contribution in [3.63, 3.8) is 0 Å². The minimum Gasteiger partial charge on any atom is -0.424 e. The third kappa shape index (κ3) is 4.04. The molecule has 2 heterocycles. The molecule has 1 saturated heterocycles. The average molecular weight is 274 g/mol. The van der Waals surface area contributed by atoms with Crippen molar-refractivity contribution >= 4 is 10.0 Å². The average Bonchev–Trinajstić information content (AvgIpc) is 2.65. The van der Waals surface area contributed by atoms with Crippen molar-refractivity contribution in [1.82, 2.24) is 19.8 Å². The largest absolute Gasteiger partial charge is 0.424 e. The smallest absolute Gasteiger partial charge is 0.230 e. The van der Waals surface area contributed by atoms with Gasteiger partial charge in [-0.25, -0.2) is 13.1 Å². The Bertz CT molecular complexity index is 491. The van der Waals surface area contributed by atoms with Gasteiger partial charge in [-0.05, 0) is 12.8 Å². The summed E-state index contributed by atoms with van der Waals surface area (Å²) in [5.41, 5.74) is 0. The normalized spacial score (nSPS) is 19.2. The van der Waals surface area contributed by atoms with Crippen molar-refractivity contribution in [2.24, 2.45) is 0 Å². The molecule has 1 aliphatic heterocycles. The van der Waals surface area contributed by atoms with Gasteiger partial charge in [0.1, 0.15) is 0 Å². The zero-order valence-electron chi connectivity index (χ0n) is 10.6. The number of likely N-dealkylation sites (tertiary alicyclic amines) is 1. The lowest BCUT2D eigenvalue weighted by Crippen LogP contribution is -2.44. The van der Waals surface area contributed by atoms with Gasteiger partial charge in [-0.3, -0.25) is 4.90 Å². The first kappa shape index (κ1) is 13.4. The Hall–Kier alpha value is -0.990. The second kappa shape index (κ2) is 5.33. The molecule has 0 aliphatic carbocycles. The molecule has 0 spiro atoms. The van der Waals surface area contributed by atoms with Crippen LogP contribution in [0.5, 0.6) is 0 Å². The molecule has 18 heavy (non-hydrogen) atoms. The second-order valence-corrected chi connectivity index (χ2v) is 6.44. The third-order valence-corrected chi connectivity index (χ3v) is 3.66. The van der Waals surface area contributed by atoms with E-state index >= 15 is 0 Å². The van der Waals surface area contributed by atoms with Gasteiger partial charge in [0.05, 0.1) is 12.8 Å². The van der Waals surface area contributed by atoms with Crippen molar-refractivity contribution in [3.05, 3.63) is 11.8 Å². The second-order valence-electron chi connectivity index (χ2n) is 4.66. The van der Waals surface area contributed by atoms with Gasteiger partial charge in [0.25, 0.3) is 0 Å². The number of aromatic nitrogens is 2. The van der Waals surface area contributed by atoms with E-state index in [9.17, 15) is 8.42 Å². The number of sulfonamides is 1. The molecule has 1 N–H and O–H groups in total. The van der Waals surface area contributed by atoms with Gasteiger partial charge in [0.15, 0.2) is 0 Å². The number of piperidine rings is 1. The highest BCUT2D eigenvalue weighted by Crippen LogP contribution is 2.13. The molecular weight excluding hydrogens is 256 g/mol. The van der Waals surface area contributed by atoms with Crippen LogP contribution in [0.25, 0.3) is 0 Å². The maximum absolute atomic E-state index is 11.1. The maximum Gasteiger partial charge on any atom is 0.230 e. The highest BCUT2D eigenvalue weighted by Gasteiger charge is 2.22. The predicted octanol–water partition coefficient (Wildman–Crippen LogP) is -0.108. The number of nitrogens with zero attached hydrogens (tertiary/aromatic N) is 3. The Morgan fingerprint density at radius 2 is 2.06 bits per heavy atom. The van der Waals surface area contributed by atoms with Crippen LogP contribution in [0.15, 0.2) is 4.42 Å². The Balaban J connectivity index is 1.80. The summed E-state index contributed by atoms with van der Waals surface area (Å²) in [5, 5.41) is 7.73. The van der Waals surface area contributed by atoms with Crippen LogP contribution in [-0.4, -0.2) is 48.9 Å². The topological polar surface area (TPSA) is 88.3 Å². The van der Waals surface area contributed by atoms with Crippen molar-refractivity contribution in [2.45, 2.75) is 32.4 Å². The quantitative estimate of drug-likeness (QED) is 0.824. The lowest BCUT2D eigenvalue weighted by molar-refractivity contribution is 0.183. The molecule has 8 heteroatoms. The number of aryl methyl sites for hydroxylation is 1. The minimum atomic E-state index is -3.11. The summed E-state index contributed by atoms with van der Waals surface area (Å²) in [5.74, 6) is 1.18. The summed E-state index contributed by atoms with van der Waals surface area (Å²) in [6, 6.07) is 0.0423. The van der Waals surface area contributed by atoms with E-state index in [1.165, 1.54) is 6.26 Å². The highest BCUT2D eigenvalue weighted by atomic mass is 32.2. The minimum absolute atomic E-state index is 0.0423. The van der Waals surface area contributed by atoms with Crippen molar-refractivity contribution in [1.29, 1.82) is 0 Å². The number of hydrogen-bond acceptors (Lipinski definition) is 6. The molecule has 1 aromatic rings. The predicted molar refractivity (Wildman–Crippen MR) is 65.3 cm³/mol. The number of hydrogen-bond donors (Lipinski definition) is 1. The maximum atomic E-state index is 11.1. The first-order valence-corrected chi connectivity index (χ1v) is 7.80. The fourth-order valence-corrected chi connectivity index (χ4v) is 2.95. The number of nitrogens with one attached hydrogen (secondary N) is 1. The zero-order chi connectivity index (χ0) is 13.2. The van der Waals surface area contributed by atoms with Crippen LogP contribution < -0.4 is 4.72 Å². The molecule has 1 fully saturated rings. The molecule has 0 unspecified atom stereocenters. The lowest BCUT2D eigenvalue weighted by atomic mass is 10.1. The van der Waals surface area contributed by atoms with E-state index < -0.39 is 10.0 Å². The summed E-state index contributed by atoms with van der Waals surface area (Å²) < 4.78 is 30.2. The van der Waals surface area contributed by atoms with E-state index in [1.54, 1.807) is 6.92 Å². The van der Waals surface area contributed by atoms with E-state index in [2.05, 4.69) is 19.8 Å². The van der Waals surface area contributed by atoms with E-state index in [-0.39, 0.29) is 6.04 Å². The fourth-order valence-electron chi connectivity index (χ4n) is 2.10. The molecule has 2 rings (SSSR count). The van der Waals surface area contributed by atoms with E-state index in [0.717, 1.165) is 25.9 Å². The van der Waals surface area contributed by atoms with E-state index in [1.807, 2.05) is 0 Å². The molecule has 0 aromatic carbocycles. The molecule has 0 radical (unpaired) electrons. The monoisotopic (exact) mass is 274 g/mol. The molecule has 0 saturated carbocycles. The van der Waals surface area contributed by atoms with Crippen LogP contribution in [0.4, 0.5) is 0 Å². The van der Waals surface area contributed by atoms with Gasteiger partial charge in [-0.1, -0.05) is 0 Å². The first-order valence-electron chi connectivity index (χ1n) is 5.91. The molecule has 0 amide bonds. The van der Waals surface area contributed by atoms with E-state index in [4.69, 9.17) is 4.42 Å². The van der Waals surface area contributed by atoms with Gasteiger partial charge < -0.3 is 4.42 Å². The summed E-state index contributed by atoms with van der Waals surface area (Å²) in [6.45, 7) is 4.05. The van der Waals surface area contributed by atoms with Gasteiger partial charge in [-0.2, -0.15) is 0 Å². The Labute approximate surface area is 107 Å². The Morgan fingerprint density at radius 1 is 1.39 bits per heavy atom. The molecule has 7 nitrogen and oxygen atoms in total. The van der Waals surface area contributed by atoms with E-state index in [0.29, 0.717) is 18.3 Å². The van der Waals surface area contributed by atoms with Crippen LogP contribution in [0.1, 0.15) is 24.6 Å². The summed E-state index contributed by atoms with van der Waals surface area (Å²) >= 11 is 0. The van der Waals surface area contributed by atoms with Crippen LogP contribution in [0, 0.1) is 6.92 Å². The van der Waals surface area contributed by atoms with Crippen molar-refractivity contribution in [3.8, 4) is 0 Å². The zero-order valence-corrected chi connectivity index (χ0v) is 11.4. The van der Waals surface area contributed by atoms with Gasteiger partial charge in [-0.15, -0.1) is 10.2 Å². The van der Waals surface area contributed by atoms with Crippen LogP contribution in [-0.2, 0) is 16.6 Å². The standard InChI is InChI=1S/C10H18N4O3S/c1-8-11-12-10(17-8)7-14-5-3-9(4-6-14)13-18(2,15)16/h9,13H,3-7H2,1-2H3. The molecule has 0 atom stereocenters. The molecule has 102 valence electrons. The summed E-state index contributed by atoms with van der Waals surface area (Å²) in [6.07, 6.45) is 2.81. The number of rotatable bonds is 4. The van der Waals surface area contributed by atoms with Crippen LogP contribution in [0.2, 0.25) is 0 Å². The van der Waals surface area contributed by atoms with Crippen molar-refractivity contribution < 1.29 is 12.8 Å². The molecule has 1 aliphatic rings. The van der Waals surface area contributed by atoms with Gasteiger partial charge >= 0.3 is 0 Å². The summed E-state index contributed by atoms with van der Waals surface area (Å²) in [4.78, 5) is 2.19. The Morgan fingerprint density at radius 3 is 2.56 bits per heavy atom. The first-order chi connectivity index (χ1) is 8.42. The fraction of sp³-hybridized carbons (Fsp3) is 0.800. The molecule has 1 aromatic heterocycles. The van der Waals surface area contributed by atoms with Crippen LogP contribution in [0.3, 0.4) is 0 Å². The Kier molecular flexibility index (Phi) is 3.98. The molecule has 0 bridgehead atoms. The highest BCUT2D eigenvalue weighted by molar-refractivity contribution is 7.88. The third-order valence-electron chi connectivity index (χ3n) is 2.90. The van der Waals surface area contributed by atoms with Gasteiger partial charge in [0.2, 0.25) is 21.8 Å². The summed E-state index contributed by atoms with van der Waals surface area (Å²) in [7, 11) is -3.11. The SMILES string of the molecule is Cc1nnc(CN2CCC(NS(C)(=O)=O)CC2)o1. The van der Waals surface area contributed by atoms with Crippen LogP contribution >= 0.6 is 0 Å². The van der Waals surface area contributed by atoms with Crippen molar-refractivity contribution in [2.75, 3.05) is 19.3 Å². The lowest BCUT2D eigenvalue weighted by Gasteiger charge is -2.30. The van der Waals surface area contributed by atoms with Gasteiger partial charge in [0, 0.05) is 26.1 Å².